The van der Waals surface area contributed by atoms with Crippen LogP contribution in [0.1, 0.15) is 11.1 Å². The summed E-state index contributed by atoms with van der Waals surface area (Å²) in [6.07, 6.45) is 3.62. The number of fused-ring (bicyclic) bond motifs is 1. The second-order valence-corrected chi connectivity index (χ2v) is 3.91. The van der Waals surface area contributed by atoms with E-state index in [1.54, 1.807) is 10.9 Å². The van der Waals surface area contributed by atoms with Gasteiger partial charge in [-0.15, -0.1) is 0 Å². The van der Waals surface area contributed by atoms with Crippen molar-refractivity contribution < 1.29 is 0 Å². The fourth-order valence-electron chi connectivity index (χ4n) is 1.80. The maximum absolute atomic E-state index is 4.56. The van der Waals surface area contributed by atoms with Gasteiger partial charge in [0.15, 0.2) is 0 Å². The summed E-state index contributed by atoms with van der Waals surface area (Å²) in [5.74, 6) is 0.758. The van der Waals surface area contributed by atoms with Crippen molar-refractivity contribution in [3.8, 4) is 5.95 Å². The number of nitrogens with zero attached hydrogens (tertiary/aromatic N) is 3. The first-order chi connectivity index (χ1) is 7.75. The molecular weight excluding hydrogens is 200 g/mol. The van der Waals surface area contributed by atoms with Crippen LogP contribution in [-0.4, -0.2) is 19.7 Å². The molecule has 0 saturated heterocycles. The number of aryl methyl sites for hydroxylation is 2. The lowest BCUT2D eigenvalue weighted by molar-refractivity contribution is 0.829. The lowest BCUT2D eigenvalue weighted by atomic mass is 10.1. The van der Waals surface area contributed by atoms with Gasteiger partial charge in [0, 0.05) is 12.4 Å². The van der Waals surface area contributed by atoms with Crippen molar-refractivity contribution in [3.63, 3.8) is 0 Å². The Bertz CT molecular complexity index is 634. The van der Waals surface area contributed by atoms with E-state index < -0.39 is 0 Å². The molecule has 2 aromatic heterocycles. The Labute approximate surface area is 92.9 Å². The minimum atomic E-state index is 0.758. The van der Waals surface area contributed by atoms with Gasteiger partial charge in [0.05, 0.1) is 11.0 Å². The number of H-pyrrole nitrogens is 1. The van der Waals surface area contributed by atoms with E-state index in [-0.39, 0.29) is 0 Å². The maximum Gasteiger partial charge on any atom is 0.229 e. The van der Waals surface area contributed by atoms with Crippen LogP contribution in [0.15, 0.2) is 30.6 Å². The molecule has 16 heavy (non-hydrogen) atoms. The summed E-state index contributed by atoms with van der Waals surface area (Å²) >= 11 is 0. The predicted octanol–water partition coefficient (Wildman–Crippen LogP) is 2.37. The van der Waals surface area contributed by atoms with E-state index in [9.17, 15) is 0 Å². The molecule has 4 nitrogen and oxygen atoms in total. The van der Waals surface area contributed by atoms with Crippen LogP contribution in [0.3, 0.4) is 0 Å². The Kier molecular flexibility index (Phi) is 1.83. The number of hydrogen-bond acceptors (Lipinski definition) is 2. The molecule has 3 rings (SSSR count). The summed E-state index contributed by atoms with van der Waals surface area (Å²) in [6, 6.07) is 6.03. The molecule has 0 bridgehead atoms. The summed E-state index contributed by atoms with van der Waals surface area (Å²) in [4.78, 5) is 7.82. The highest BCUT2D eigenvalue weighted by atomic mass is 15.3. The Morgan fingerprint density at radius 3 is 2.88 bits per heavy atom. The second-order valence-electron chi connectivity index (χ2n) is 3.91. The Hall–Kier alpha value is -2.10. The van der Waals surface area contributed by atoms with Crippen molar-refractivity contribution in [2.75, 3.05) is 0 Å². The molecule has 3 aromatic rings. The minimum Gasteiger partial charge on any atom is -0.322 e. The molecule has 0 fully saturated rings. The van der Waals surface area contributed by atoms with Crippen LogP contribution >= 0.6 is 0 Å². The minimum absolute atomic E-state index is 0.758. The molecule has 0 aliphatic rings. The summed E-state index contributed by atoms with van der Waals surface area (Å²) in [5.41, 5.74) is 4.54. The topological polar surface area (TPSA) is 46.5 Å². The van der Waals surface area contributed by atoms with Crippen LogP contribution < -0.4 is 0 Å². The summed E-state index contributed by atoms with van der Waals surface area (Å²) in [5, 5.41) is 4.16. The number of benzene rings is 1. The molecule has 0 aliphatic heterocycles. The van der Waals surface area contributed by atoms with Crippen molar-refractivity contribution in [3.05, 3.63) is 41.7 Å². The molecular formula is C12H12N4. The van der Waals surface area contributed by atoms with E-state index in [1.165, 1.54) is 11.1 Å². The molecule has 0 unspecified atom stereocenters. The van der Waals surface area contributed by atoms with Crippen LogP contribution in [0.5, 0.6) is 0 Å². The molecule has 0 saturated carbocycles. The van der Waals surface area contributed by atoms with Gasteiger partial charge in [0.25, 0.3) is 0 Å². The normalized spacial score (nSPS) is 11.1. The smallest absolute Gasteiger partial charge is 0.229 e. The van der Waals surface area contributed by atoms with E-state index in [0.29, 0.717) is 0 Å². The molecule has 0 atom stereocenters. The van der Waals surface area contributed by atoms with Crippen LogP contribution in [0.25, 0.3) is 17.0 Å². The van der Waals surface area contributed by atoms with E-state index in [4.69, 9.17) is 0 Å². The monoisotopic (exact) mass is 212 g/mol. The molecule has 0 aliphatic carbocycles. The molecule has 1 aromatic carbocycles. The third-order valence-corrected chi connectivity index (χ3v) is 2.89. The SMILES string of the molecule is Cc1ccc2[nH]c(-n3cccn3)nc2c1C. The first-order valence-corrected chi connectivity index (χ1v) is 5.21. The Balaban J connectivity index is 2.28. The number of rotatable bonds is 1. The van der Waals surface area contributed by atoms with E-state index in [2.05, 4.69) is 41.0 Å². The zero-order chi connectivity index (χ0) is 11.1. The third-order valence-electron chi connectivity index (χ3n) is 2.89. The van der Waals surface area contributed by atoms with Crippen molar-refractivity contribution in [1.29, 1.82) is 0 Å². The quantitative estimate of drug-likeness (QED) is 0.673. The highest BCUT2D eigenvalue weighted by Crippen LogP contribution is 2.20. The zero-order valence-electron chi connectivity index (χ0n) is 9.23. The van der Waals surface area contributed by atoms with E-state index in [0.717, 1.165) is 17.0 Å². The average molecular weight is 212 g/mol. The Morgan fingerprint density at radius 2 is 2.12 bits per heavy atom. The molecule has 1 N–H and O–H groups in total. The van der Waals surface area contributed by atoms with Crippen LogP contribution in [0, 0.1) is 13.8 Å². The van der Waals surface area contributed by atoms with Gasteiger partial charge in [-0.05, 0) is 37.1 Å². The summed E-state index contributed by atoms with van der Waals surface area (Å²) in [6.45, 7) is 4.18. The van der Waals surface area contributed by atoms with Gasteiger partial charge in [0.1, 0.15) is 0 Å². The number of aromatic amines is 1. The molecule has 0 spiro atoms. The van der Waals surface area contributed by atoms with Crippen molar-refractivity contribution in [2.45, 2.75) is 13.8 Å². The fraction of sp³-hybridized carbons (Fsp3) is 0.167. The van der Waals surface area contributed by atoms with Gasteiger partial charge in [0.2, 0.25) is 5.95 Å². The number of hydrogen-bond donors (Lipinski definition) is 1. The van der Waals surface area contributed by atoms with Crippen LogP contribution in [-0.2, 0) is 0 Å². The summed E-state index contributed by atoms with van der Waals surface area (Å²) in [7, 11) is 0. The molecule has 80 valence electrons. The second kappa shape index (κ2) is 3.20. The Morgan fingerprint density at radius 1 is 1.25 bits per heavy atom. The van der Waals surface area contributed by atoms with E-state index in [1.807, 2.05) is 12.3 Å². The molecule has 2 heterocycles. The van der Waals surface area contributed by atoms with Gasteiger partial charge < -0.3 is 4.98 Å². The van der Waals surface area contributed by atoms with Gasteiger partial charge in [-0.3, -0.25) is 0 Å². The number of imidazole rings is 1. The van der Waals surface area contributed by atoms with Crippen LogP contribution in [0.4, 0.5) is 0 Å². The zero-order valence-corrected chi connectivity index (χ0v) is 9.23. The lowest BCUT2D eigenvalue weighted by Gasteiger charge is -1.97. The number of nitrogens with one attached hydrogen (secondary N) is 1. The van der Waals surface area contributed by atoms with Gasteiger partial charge in [-0.2, -0.15) is 5.10 Å². The molecule has 0 amide bonds. The summed E-state index contributed by atoms with van der Waals surface area (Å²) < 4.78 is 1.73. The molecule has 0 radical (unpaired) electrons. The average Bonchev–Trinajstić information content (AvgIpc) is 2.91. The van der Waals surface area contributed by atoms with Crippen molar-refractivity contribution in [1.82, 2.24) is 19.7 Å². The lowest BCUT2D eigenvalue weighted by Crippen LogP contribution is -1.95. The first-order valence-electron chi connectivity index (χ1n) is 5.21. The molecule has 4 heteroatoms. The van der Waals surface area contributed by atoms with Crippen LogP contribution in [0.2, 0.25) is 0 Å². The van der Waals surface area contributed by atoms with E-state index >= 15 is 0 Å². The van der Waals surface area contributed by atoms with Gasteiger partial charge in [-0.25, -0.2) is 9.67 Å². The maximum atomic E-state index is 4.56. The van der Waals surface area contributed by atoms with Gasteiger partial charge in [-0.1, -0.05) is 6.07 Å². The predicted molar refractivity (Wildman–Crippen MR) is 62.7 cm³/mol. The third kappa shape index (κ3) is 1.23. The number of aromatic nitrogens is 4. The highest BCUT2D eigenvalue weighted by molar-refractivity contribution is 5.80. The fourth-order valence-corrected chi connectivity index (χ4v) is 1.80. The first kappa shape index (κ1) is 9.15. The highest BCUT2D eigenvalue weighted by Gasteiger charge is 2.07. The largest absolute Gasteiger partial charge is 0.322 e. The van der Waals surface area contributed by atoms with Crippen molar-refractivity contribution in [2.24, 2.45) is 0 Å². The van der Waals surface area contributed by atoms with Gasteiger partial charge >= 0.3 is 0 Å². The van der Waals surface area contributed by atoms with Crippen molar-refractivity contribution >= 4 is 11.0 Å². The standard InChI is InChI=1S/C12H12N4/c1-8-4-5-10-11(9(8)2)15-12(14-10)16-7-3-6-13-16/h3-7H,1-2H3,(H,14,15).